The number of aromatic nitrogens is 1. The van der Waals surface area contributed by atoms with E-state index in [-0.39, 0.29) is 0 Å². The van der Waals surface area contributed by atoms with E-state index in [1.54, 1.807) is 17.6 Å². The monoisotopic (exact) mass is 264 g/mol. The van der Waals surface area contributed by atoms with Gasteiger partial charge in [0.1, 0.15) is 0 Å². The van der Waals surface area contributed by atoms with E-state index in [2.05, 4.69) is 31.1 Å². The average Bonchev–Trinajstić information content (AvgIpc) is 2.96. The number of thiazole rings is 1. The maximum absolute atomic E-state index is 5.19. The number of hydrogen-bond acceptors (Lipinski definition) is 4. The quantitative estimate of drug-likeness (QED) is 0.865. The number of aryl methyl sites for hydroxylation is 2. The fraction of sp³-hybridized carbons (Fsp3) is 0.500. The topological polar surface area (TPSA) is 38.1 Å². The molecule has 4 heteroatoms. The molecule has 1 N–H and O–H groups in total. The molecule has 98 valence electrons. The summed E-state index contributed by atoms with van der Waals surface area (Å²) in [6.45, 7) is 7.39. The summed E-state index contributed by atoms with van der Waals surface area (Å²) in [6.07, 6.45) is 5.61. The molecule has 3 nitrogen and oxygen atoms in total. The Kier molecular flexibility index (Phi) is 4.55. The summed E-state index contributed by atoms with van der Waals surface area (Å²) in [6, 6.07) is 2.33. The van der Waals surface area contributed by atoms with Crippen LogP contribution in [0.4, 0.5) is 0 Å². The number of furan rings is 1. The maximum Gasteiger partial charge on any atom is 0.0950 e. The molecule has 0 saturated carbocycles. The predicted octanol–water partition coefficient (Wildman–Crippen LogP) is 3.64. The first-order valence-corrected chi connectivity index (χ1v) is 7.20. The lowest BCUT2D eigenvalue weighted by Gasteiger charge is -2.15. The average molecular weight is 264 g/mol. The Morgan fingerprint density at radius 2 is 2.28 bits per heavy atom. The zero-order valence-electron chi connectivity index (χ0n) is 11.2. The SMILES string of the molecule is CCCNC(Cc1nc(C)c(C)s1)c1ccoc1. The van der Waals surface area contributed by atoms with Crippen molar-refractivity contribution >= 4 is 11.3 Å². The molecular weight excluding hydrogens is 244 g/mol. The van der Waals surface area contributed by atoms with E-state index < -0.39 is 0 Å². The van der Waals surface area contributed by atoms with Crippen LogP contribution >= 0.6 is 11.3 Å². The Morgan fingerprint density at radius 3 is 2.83 bits per heavy atom. The van der Waals surface area contributed by atoms with Crippen LogP contribution in [0.15, 0.2) is 23.0 Å². The Hall–Kier alpha value is -1.13. The number of nitrogens with zero attached hydrogens (tertiary/aromatic N) is 1. The summed E-state index contributed by atoms with van der Waals surface area (Å²) in [5.41, 5.74) is 2.35. The van der Waals surface area contributed by atoms with Crippen LogP contribution in [0.3, 0.4) is 0 Å². The van der Waals surface area contributed by atoms with E-state index in [0.717, 1.165) is 25.1 Å². The molecule has 2 heterocycles. The van der Waals surface area contributed by atoms with Crippen molar-refractivity contribution < 1.29 is 4.42 Å². The molecular formula is C14H20N2OS. The zero-order valence-corrected chi connectivity index (χ0v) is 12.0. The number of rotatable bonds is 6. The van der Waals surface area contributed by atoms with E-state index in [4.69, 9.17) is 4.42 Å². The summed E-state index contributed by atoms with van der Waals surface area (Å²) in [7, 11) is 0. The van der Waals surface area contributed by atoms with E-state index in [0.29, 0.717) is 6.04 Å². The third kappa shape index (κ3) is 3.21. The summed E-state index contributed by atoms with van der Waals surface area (Å²) in [5.74, 6) is 0. The Balaban J connectivity index is 2.09. The normalized spacial score (nSPS) is 12.8. The van der Waals surface area contributed by atoms with Crippen LogP contribution in [-0.4, -0.2) is 11.5 Å². The highest BCUT2D eigenvalue weighted by molar-refractivity contribution is 7.11. The standard InChI is InChI=1S/C14H20N2OS/c1-4-6-15-13(12-5-7-17-9-12)8-14-16-10(2)11(3)18-14/h5,7,9,13,15H,4,6,8H2,1-3H3. The summed E-state index contributed by atoms with van der Waals surface area (Å²) in [5, 5.41) is 4.75. The molecule has 0 spiro atoms. The van der Waals surface area contributed by atoms with Gasteiger partial charge < -0.3 is 9.73 Å². The van der Waals surface area contributed by atoms with E-state index in [1.165, 1.54) is 15.4 Å². The van der Waals surface area contributed by atoms with Gasteiger partial charge >= 0.3 is 0 Å². The first-order chi connectivity index (χ1) is 8.70. The van der Waals surface area contributed by atoms with Gasteiger partial charge in [-0.1, -0.05) is 6.92 Å². The lowest BCUT2D eigenvalue weighted by atomic mass is 10.1. The van der Waals surface area contributed by atoms with Crippen LogP contribution in [0.25, 0.3) is 0 Å². The van der Waals surface area contributed by atoms with Gasteiger partial charge in [-0.3, -0.25) is 0 Å². The van der Waals surface area contributed by atoms with Crippen molar-refractivity contribution in [3.63, 3.8) is 0 Å². The number of nitrogens with one attached hydrogen (secondary N) is 1. The molecule has 0 saturated heterocycles. The van der Waals surface area contributed by atoms with Crippen LogP contribution < -0.4 is 5.32 Å². The molecule has 0 aliphatic carbocycles. The van der Waals surface area contributed by atoms with Gasteiger partial charge in [0.2, 0.25) is 0 Å². The molecule has 2 aromatic rings. The molecule has 0 aromatic carbocycles. The Bertz CT molecular complexity index is 456. The highest BCUT2D eigenvalue weighted by Gasteiger charge is 2.15. The largest absolute Gasteiger partial charge is 0.472 e. The molecule has 0 bridgehead atoms. The number of hydrogen-bond donors (Lipinski definition) is 1. The highest BCUT2D eigenvalue weighted by Crippen LogP contribution is 2.23. The minimum atomic E-state index is 0.300. The van der Waals surface area contributed by atoms with Crippen molar-refractivity contribution in [3.05, 3.63) is 39.7 Å². The summed E-state index contributed by atoms with van der Waals surface area (Å²) in [4.78, 5) is 5.93. The minimum Gasteiger partial charge on any atom is -0.472 e. The van der Waals surface area contributed by atoms with Crippen LogP contribution in [0.5, 0.6) is 0 Å². The van der Waals surface area contributed by atoms with Crippen LogP contribution in [-0.2, 0) is 6.42 Å². The van der Waals surface area contributed by atoms with Gasteiger partial charge in [0.15, 0.2) is 0 Å². The van der Waals surface area contributed by atoms with E-state index in [1.807, 2.05) is 12.3 Å². The van der Waals surface area contributed by atoms with E-state index >= 15 is 0 Å². The second-order valence-corrected chi connectivity index (χ2v) is 5.80. The van der Waals surface area contributed by atoms with Crippen molar-refractivity contribution in [1.29, 1.82) is 0 Å². The smallest absolute Gasteiger partial charge is 0.0950 e. The third-order valence-corrected chi connectivity index (χ3v) is 4.13. The third-order valence-electron chi connectivity index (χ3n) is 3.04. The molecule has 0 amide bonds. The minimum absolute atomic E-state index is 0.300. The first-order valence-electron chi connectivity index (χ1n) is 6.39. The molecule has 0 aliphatic rings. The highest BCUT2D eigenvalue weighted by atomic mass is 32.1. The second-order valence-electron chi connectivity index (χ2n) is 4.52. The van der Waals surface area contributed by atoms with Crippen molar-refractivity contribution in [3.8, 4) is 0 Å². The van der Waals surface area contributed by atoms with E-state index in [9.17, 15) is 0 Å². The molecule has 1 unspecified atom stereocenters. The van der Waals surface area contributed by atoms with Gasteiger partial charge in [-0.25, -0.2) is 4.98 Å². The van der Waals surface area contributed by atoms with Gasteiger partial charge in [-0.05, 0) is 32.9 Å². The fourth-order valence-electron chi connectivity index (χ4n) is 1.90. The molecule has 0 fully saturated rings. The van der Waals surface area contributed by atoms with Gasteiger partial charge in [-0.2, -0.15) is 0 Å². The molecule has 0 aliphatic heterocycles. The zero-order chi connectivity index (χ0) is 13.0. The van der Waals surface area contributed by atoms with Crippen molar-refractivity contribution in [1.82, 2.24) is 10.3 Å². The van der Waals surface area contributed by atoms with Crippen LogP contribution in [0, 0.1) is 13.8 Å². The Morgan fingerprint density at radius 1 is 1.44 bits per heavy atom. The molecule has 18 heavy (non-hydrogen) atoms. The van der Waals surface area contributed by atoms with Gasteiger partial charge in [0, 0.05) is 22.9 Å². The summed E-state index contributed by atoms with van der Waals surface area (Å²) >= 11 is 1.79. The first kappa shape index (κ1) is 13.3. The summed E-state index contributed by atoms with van der Waals surface area (Å²) < 4.78 is 5.19. The second kappa shape index (κ2) is 6.16. The lowest BCUT2D eigenvalue weighted by Crippen LogP contribution is -2.23. The molecule has 0 radical (unpaired) electrons. The van der Waals surface area contributed by atoms with Crippen molar-refractivity contribution in [2.75, 3.05) is 6.54 Å². The molecule has 1 atom stereocenters. The predicted molar refractivity (Wildman–Crippen MR) is 75.0 cm³/mol. The lowest BCUT2D eigenvalue weighted by molar-refractivity contribution is 0.511. The fourth-order valence-corrected chi connectivity index (χ4v) is 2.88. The Labute approximate surface area is 112 Å². The van der Waals surface area contributed by atoms with Gasteiger partial charge in [-0.15, -0.1) is 11.3 Å². The molecule has 2 aromatic heterocycles. The van der Waals surface area contributed by atoms with Gasteiger partial charge in [0.05, 0.1) is 23.2 Å². The van der Waals surface area contributed by atoms with Crippen LogP contribution in [0.1, 0.15) is 40.5 Å². The van der Waals surface area contributed by atoms with Gasteiger partial charge in [0.25, 0.3) is 0 Å². The molecule has 2 rings (SSSR count). The maximum atomic E-state index is 5.19. The van der Waals surface area contributed by atoms with Crippen molar-refractivity contribution in [2.45, 2.75) is 39.7 Å². The van der Waals surface area contributed by atoms with Crippen LogP contribution in [0.2, 0.25) is 0 Å². The van der Waals surface area contributed by atoms with Crippen molar-refractivity contribution in [2.24, 2.45) is 0 Å².